The Kier molecular flexibility index (Phi) is 3.27. The van der Waals surface area contributed by atoms with Gasteiger partial charge in [0.05, 0.1) is 0 Å². The predicted molar refractivity (Wildman–Crippen MR) is 46.6 cm³/mol. The van der Waals surface area contributed by atoms with Crippen LogP contribution in [0.15, 0.2) is 11.0 Å². The number of H-pyrrole nitrogens is 1. The van der Waals surface area contributed by atoms with Crippen molar-refractivity contribution in [3.63, 3.8) is 0 Å². The van der Waals surface area contributed by atoms with Gasteiger partial charge in [0.25, 0.3) is 12.0 Å². The monoisotopic (exact) mass is 227 g/mol. The lowest BCUT2D eigenvalue weighted by Gasteiger charge is -2.06. The number of rotatable bonds is 2. The summed E-state index contributed by atoms with van der Waals surface area (Å²) >= 11 is 10.8. The fourth-order valence-corrected chi connectivity index (χ4v) is 1.38. The molecule has 0 unspecified atom stereocenters. The van der Waals surface area contributed by atoms with Crippen LogP contribution in [0.2, 0.25) is 5.02 Å². The second-order valence-corrected chi connectivity index (χ2v) is 2.95. The van der Waals surface area contributed by atoms with Crippen LogP contribution in [-0.4, -0.2) is 4.98 Å². The summed E-state index contributed by atoms with van der Waals surface area (Å²) < 4.78 is 24.7. The van der Waals surface area contributed by atoms with Crippen molar-refractivity contribution in [2.75, 3.05) is 0 Å². The van der Waals surface area contributed by atoms with Crippen molar-refractivity contribution < 1.29 is 8.78 Å². The van der Waals surface area contributed by atoms with E-state index in [2.05, 4.69) is 4.98 Å². The maximum Gasteiger partial charge on any atom is 0.267 e. The lowest BCUT2D eigenvalue weighted by molar-refractivity contribution is 0.150. The zero-order valence-electron chi connectivity index (χ0n) is 6.28. The van der Waals surface area contributed by atoms with Crippen LogP contribution in [0.3, 0.4) is 0 Å². The number of alkyl halides is 3. The molecule has 1 N–H and O–H groups in total. The van der Waals surface area contributed by atoms with Crippen LogP contribution in [0.1, 0.15) is 17.6 Å². The summed E-state index contributed by atoms with van der Waals surface area (Å²) in [7, 11) is 0. The van der Waals surface area contributed by atoms with Gasteiger partial charge >= 0.3 is 0 Å². The van der Waals surface area contributed by atoms with E-state index in [0.29, 0.717) is 0 Å². The predicted octanol–water partition coefficient (Wildman–Crippen LogP) is 2.70. The molecule has 0 saturated carbocycles. The summed E-state index contributed by atoms with van der Waals surface area (Å²) in [6.07, 6.45) is -1.65. The molecule has 2 nitrogen and oxygen atoms in total. The molecule has 0 spiro atoms. The highest BCUT2D eigenvalue weighted by atomic mass is 35.5. The van der Waals surface area contributed by atoms with E-state index >= 15 is 0 Å². The second-order valence-electron chi connectivity index (χ2n) is 2.31. The van der Waals surface area contributed by atoms with Gasteiger partial charge in [-0.25, -0.2) is 8.78 Å². The zero-order chi connectivity index (χ0) is 10.0. The Morgan fingerprint density at radius 3 is 2.62 bits per heavy atom. The first-order chi connectivity index (χ1) is 6.07. The molecule has 0 aromatic carbocycles. The number of hydrogen-bond acceptors (Lipinski definition) is 1. The summed E-state index contributed by atoms with van der Waals surface area (Å²) in [6, 6.07) is 0. The topological polar surface area (TPSA) is 32.9 Å². The summed E-state index contributed by atoms with van der Waals surface area (Å²) in [4.78, 5) is 13.1. The first kappa shape index (κ1) is 10.5. The first-order valence-electron chi connectivity index (χ1n) is 3.32. The van der Waals surface area contributed by atoms with Crippen LogP contribution in [0.5, 0.6) is 0 Å². The standard InChI is InChI=1S/C7H5Cl2F2NO/c8-1-3-2-12-7(13)5(9)4(3)6(10)11/h2,6H,1H2,(H,12,13). The van der Waals surface area contributed by atoms with E-state index in [1.807, 2.05) is 0 Å². The molecule has 0 amide bonds. The number of nitrogens with one attached hydrogen (secondary N) is 1. The molecular formula is C7H5Cl2F2NO. The van der Waals surface area contributed by atoms with Gasteiger partial charge in [0, 0.05) is 17.6 Å². The molecule has 72 valence electrons. The molecule has 0 fully saturated rings. The van der Waals surface area contributed by atoms with Gasteiger partial charge in [-0.05, 0) is 5.56 Å². The SMILES string of the molecule is O=c1[nH]cc(CCl)c(C(F)F)c1Cl. The minimum Gasteiger partial charge on any atom is -0.327 e. The average Bonchev–Trinajstić information content (AvgIpc) is 2.08. The maximum absolute atomic E-state index is 12.4. The van der Waals surface area contributed by atoms with E-state index in [-0.39, 0.29) is 11.4 Å². The van der Waals surface area contributed by atoms with Gasteiger partial charge in [0.2, 0.25) is 0 Å². The third kappa shape index (κ3) is 2.00. The van der Waals surface area contributed by atoms with Crippen LogP contribution in [-0.2, 0) is 5.88 Å². The number of aromatic amines is 1. The van der Waals surface area contributed by atoms with Gasteiger partial charge in [-0.3, -0.25) is 4.79 Å². The van der Waals surface area contributed by atoms with Crippen LogP contribution in [0, 0.1) is 0 Å². The van der Waals surface area contributed by atoms with Gasteiger partial charge in [-0.2, -0.15) is 0 Å². The summed E-state index contributed by atoms with van der Waals surface area (Å²) in [6.45, 7) is 0. The molecule has 0 radical (unpaired) electrons. The Morgan fingerprint density at radius 1 is 1.54 bits per heavy atom. The van der Waals surface area contributed by atoms with E-state index in [1.165, 1.54) is 0 Å². The fourth-order valence-electron chi connectivity index (χ4n) is 0.904. The van der Waals surface area contributed by atoms with Gasteiger partial charge in [0.15, 0.2) is 0 Å². The van der Waals surface area contributed by atoms with Crippen LogP contribution in [0.25, 0.3) is 0 Å². The van der Waals surface area contributed by atoms with E-state index in [1.54, 1.807) is 0 Å². The van der Waals surface area contributed by atoms with E-state index < -0.39 is 22.6 Å². The molecule has 1 rings (SSSR count). The van der Waals surface area contributed by atoms with Crippen molar-refractivity contribution in [1.29, 1.82) is 0 Å². The normalized spacial score (nSPS) is 10.8. The lowest BCUT2D eigenvalue weighted by atomic mass is 10.2. The molecule has 0 bridgehead atoms. The van der Waals surface area contributed by atoms with Gasteiger partial charge < -0.3 is 4.98 Å². The number of aromatic nitrogens is 1. The molecule has 13 heavy (non-hydrogen) atoms. The first-order valence-corrected chi connectivity index (χ1v) is 4.23. The minimum absolute atomic E-state index is 0.115. The smallest absolute Gasteiger partial charge is 0.267 e. The molecule has 6 heteroatoms. The maximum atomic E-state index is 12.4. The number of hydrogen-bond donors (Lipinski definition) is 1. The molecule has 1 heterocycles. The van der Waals surface area contributed by atoms with Crippen molar-refractivity contribution in [3.05, 3.63) is 32.7 Å². The van der Waals surface area contributed by atoms with Crippen molar-refractivity contribution in [2.45, 2.75) is 12.3 Å². The quantitative estimate of drug-likeness (QED) is 0.775. The van der Waals surface area contributed by atoms with Crippen molar-refractivity contribution in [1.82, 2.24) is 4.98 Å². The molecule has 0 aliphatic heterocycles. The van der Waals surface area contributed by atoms with Crippen molar-refractivity contribution in [2.24, 2.45) is 0 Å². The van der Waals surface area contributed by atoms with Gasteiger partial charge in [0.1, 0.15) is 5.02 Å². The van der Waals surface area contributed by atoms with Crippen LogP contribution >= 0.6 is 23.2 Å². The van der Waals surface area contributed by atoms with Crippen molar-refractivity contribution >= 4 is 23.2 Å². The van der Waals surface area contributed by atoms with Crippen LogP contribution < -0.4 is 5.56 Å². The highest BCUT2D eigenvalue weighted by Crippen LogP contribution is 2.28. The average molecular weight is 228 g/mol. The highest BCUT2D eigenvalue weighted by molar-refractivity contribution is 6.31. The van der Waals surface area contributed by atoms with E-state index in [0.717, 1.165) is 6.20 Å². The molecule has 1 aromatic heterocycles. The molecule has 0 aliphatic carbocycles. The third-order valence-corrected chi connectivity index (χ3v) is 2.18. The Hall–Kier alpha value is -0.610. The minimum atomic E-state index is -2.79. The number of pyridine rings is 1. The van der Waals surface area contributed by atoms with Crippen molar-refractivity contribution in [3.8, 4) is 0 Å². The van der Waals surface area contributed by atoms with E-state index in [4.69, 9.17) is 23.2 Å². The summed E-state index contributed by atoms with van der Waals surface area (Å²) in [5, 5.41) is -0.492. The Morgan fingerprint density at radius 2 is 2.15 bits per heavy atom. The zero-order valence-corrected chi connectivity index (χ0v) is 7.79. The highest BCUT2D eigenvalue weighted by Gasteiger charge is 2.18. The molecule has 0 atom stereocenters. The molecule has 1 aromatic rings. The van der Waals surface area contributed by atoms with Gasteiger partial charge in [-0.15, -0.1) is 11.6 Å². The molecular weight excluding hydrogens is 223 g/mol. The Bertz CT molecular complexity index is 364. The summed E-state index contributed by atoms with van der Waals surface area (Å²) in [5.41, 5.74) is -1.08. The largest absolute Gasteiger partial charge is 0.327 e. The lowest BCUT2D eigenvalue weighted by Crippen LogP contribution is -2.11. The third-order valence-electron chi connectivity index (χ3n) is 1.52. The Balaban J connectivity index is 3.41. The molecule has 0 aliphatic rings. The Labute approximate surface area is 82.5 Å². The van der Waals surface area contributed by atoms with Gasteiger partial charge in [-0.1, -0.05) is 11.6 Å². The van der Waals surface area contributed by atoms with Crippen LogP contribution in [0.4, 0.5) is 8.78 Å². The van der Waals surface area contributed by atoms with E-state index in [9.17, 15) is 13.6 Å². The number of halogens is 4. The fraction of sp³-hybridized carbons (Fsp3) is 0.286. The molecule has 0 saturated heterocycles. The second kappa shape index (κ2) is 4.07. The summed E-state index contributed by atoms with van der Waals surface area (Å²) in [5.74, 6) is -0.115.